The van der Waals surface area contributed by atoms with Crippen molar-refractivity contribution >= 4 is 28.5 Å². The molecule has 1 amide bonds. The molecule has 0 saturated carbocycles. The molecule has 1 aromatic carbocycles. The smallest absolute Gasteiger partial charge is 0.219 e. The van der Waals surface area contributed by atoms with E-state index in [1.54, 1.807) is 13.1 Å². The Bertz CT molecular complexity index is 771. The van der Waals surface area contributed by atoms with E-state index in [-0.39, 0.29) is 5.91 Å². The maximum atomic E-state index is 11.5. The molecular formula is C17H15N3OS. The lowest BCUT2D eigenvalue weighted by Gasteiger charge is -2.25. The van der Waals surface area contributed by atoms with Gasteiger partial charge in [-0.3, -0.25) is 4.79 Å². The highest BCUT2D eigenvalue weighted by molar-refractivity contribution is 7.16. The lowest BCUT2D eigenvalue weighted by molar-refractivity contribution is -0.129. The Morgan fingerprint density at radius 3 is 2.86 bits per heavy atom. The van der Waals surface area contributed by atoms with Gasteiger partial charge in [0, 0.05) is 24.6 Å². The maximum absolute atomic E-state index is 11.5. The molecule has 0 N–H and O–H groups in total. The van der Waals surface area contributed by atoms with Crippen LogP contribution >= 0.6 is 11.3 Å². The van der Waals surface area contributed by atoms with Gasteiger partial charge in [-0.05, 0) is 17.5 Å². The third-order valence-electron chi connectivity index (χ3n) is 3.73. The number of aliphatic imine (C=N–C) groups is 1. The molecule has 0 aliphatic carbocycles. The Morgan fingerprint density at radius 1 is 1.41 bits per heavy atom. The largest absolute Gasteiger partial charge is 0.337 e. The average Bonchev–Trinajstić information content (AvgIpc) is 2.90. The van der Waals surface area contributed by atoms with Crippen LogP contribution in [0.3, 0.4) is 0 Å². The predicted octanol–water partition coefficient (Wildman–Crippen LogP) is 3.27. The third kappa shape index (κ3) is 2.78. The molecule has 1 aromatic heterocycles. The predicted molar refractivity (Wildman–Crippen MR) is 87.5 cm³/mol. The second-order valence-electron chi connectivity index (χ2n) is 5.16. The summed E-state index contributed by atoms with van der Waals surface area (Å²) in [7, 11) is 0. The van der Waals surface area contributed by atoms with Crippen molar-refractivity contribution in [3.63, 3.8) is 0 Å². The van der Waals surface area contributed by atoms with Gasteiger partial charge in [-0.15, -0.1) is 11.3 Å². The molecule has 4 nitrogen and oxygen atoms in total. The molecule has 22 heavy (non-hydrogen) atoms. The topological polar surface area (TPSA) is 56.5 Å². The summed E-state index contributed by atoms with van der Waals surface area (Å²) < 4.78 is 0. The Kier molecular flexibility index (Phi) is 4.03. The van der Waals surface area contributed by atoms with Crippen LogP contribution < -0.4 is 0 Å². The summed E-state index contributed by atoms with van der Waals surface area (Å²) in [6, 6.07) is 12.1. The van der Waals surface area contributed by atoms with E-state index in [1.807, 2.05) is 35.2 Å². The fourth-order valence-electron chi connectivity index (χ4n) is 2.54. The molecule has 2 aromatic rings. The monoisotopic (exact) mass is 309 g/mol. The lowest BCUT2D eigenvalue weighted by atomic mass is 10.0. The highest BCUT2D eigenvalue weighted by Crippen LogP contribution is 2.38. The number of hydrogen-bond acceptors (Lipinski definition) is 4. The van der Waals surface area contributed by atoms with Gasteiger partial charge in [0.2, 0.25) is 5.91 Å². The number of benzene rings is 1. The molecule has 0 spiro atoms. The van der Waals surface area contributed by atoms with Crippen LogP contribution in [0.5, 0.6) is 0 Å². The summed E-state index contributed by atoms with van der Waals surface area (Å²) in [6.07, 6.45) is 2.51. The number of carbonyl (C=O) groups excluding carboxylic acids is 1. The zero-order chi connectivity index (χ0) is 15.5. The number of nitrogens with zero attached hydrogens (tertiary/aromatic N) is 3. The van der Waals surface area contributed by atoms with Gasteiger partial charge in [-0.1, -0.05) is 30.3 Å². The molecule has 1 aliphatic rings. The maximum Gasteiger partial charge on any atom is 0.219 e. The minimum atomic E-state index is 0.0758. The fraction of sp³-hybridized carbons (Fsp3) is 0.235. The standard InChI is InChI=1S/C17H15N3OS/c1-12(21)20-8-7-14-15(9-18)17(22-16(14)11-20)19-10-13-5-3-2-4-6-13/h2-6,10H,7-8,11H2,1H3. The number of hydrogen-bond donors (Lipinski definition) is 0. The SMILES string of the molecule is CC(=O)N1CCc2c(sc(N=Cc3ccccc3)c2C#N)C1. The van der Waals surface area contributed by atoms with Crippen LogP contribution in [0, 0.1) is 11.3 Å². The Morgan fingerprint density at radius 2 is 2.18 bits per heavy atom. The Hall–Kier alpha value is -2.45. The molecule has 5 heteroatoms. The van der Waals surface area contributed by atoms with Crippen LogP contribution in [0.1, 0.15) is 28.5 Å². The van der Waals surface area contributed by atoms with Crippen molar-refractivity contribution < 1.29 is 4.79 Å². The molecular weight excluding hydrogens is 294 g/mol. The van der Waals surface area contributed by atoms with Crippen molar-refractivity contribution in [2.45, 2.75) is 19.9 Å². The van der Waals surface area contributed by atoms with Gasteiger partial charge in [-0.25, -0.2) is 4.99 Å². The van der Waals surface area contributed by atoms with Crippen LogP contribution in [0.4, 0.5) is 5.00 Å². The molecule has 2 heterocycles. The van der Waals surface area contributed by atoms with E-state index in [0.717, 1.165) is 27.4 Å². The number of nitriles is 1. The number of amides is 1. The van der Waals surface area contributed by atoms with Gasteiger partial charge in [-0.2, -0.15) is 5.26 Å². The van der Waals surface area contributed by atoms with E-state index in [1.165, 1.54) is 11.3 Å². The van der Waals surface area contributed by atoms with E-state index < -0.39 is 0 Å². The van der Waals surface area contributed by atoms with Crippen molar-refractivity contribution in [3.05, 3.63) is 51.9 Å². The minimum Gasteiger partial charge on any atom is -0.337 e. The van der Waals surface area contributed by atoms with Crippen LogP contribution in [0.2, 0.25) is 0 Å². The number of carbonyl (C=O) groups is 1. The van der Waals surface area contributed by atoms with Crippen LogP contribution in [-0.4, -0.2) is 23.6 Å². The second-order valence-corrected chi connectivity index (χ2v) is 6.24. The normalized spacial score (nSPS) is 13.9. The van der Waals surface area contributed by atoms with Gasteiger partial charge in [0.15, 0.2) is 0 Å². The van der Waals surface area contributed by atoms with Gasteiger partial charge in [0.25, 0.3) is 0 Å². The van der Waals surface area contributed by atoms with Crippen LogP contribution in [-0.2, 0) is 17.8 Å². The number of rotatable bonds is 2. The van der Waals surface area contributed by atoms with Crippen molar-refractivity contribution in [2.24, 2.45) is 4.99 Å². The van der Waals surface area contributed by atoms with E-state index in [0.29, 0.717) is 18.7 Å². The van der Waals surface area contributed by atoms with Gasteiger partial charge in [0.05, 0.1) is 12.1 Å². The second kappa shape index (κ2) is 6.12. The van der Waals surface area contributed by atoms with Crippen molar-refractivity contribution in [2.75, 3.05) is 6.54 Å². The Labute approximate surface area is 133 Å². The molecule has 0 fully saturated rings. The summed E-state index contributed by atoms with van der Waals surface area (Å²) >= 11 is 1.51. The first-order valence-electron chi connectivity index (χ1n) is 7.08. The molecule has 3 rings (SSSR count). The molecule has 0 radical (unpaired) electrons. The average molecular weight is 309 g/mol. The zero-order valence-corrected chi connectivity index (χ0v) is 13.1. The van der Waals surface area contributed by atoms with E-state index in [4.69, 9.17) is 0 Å². The van der Waals surface area contributed by atoms with Gasteiger partial charge < -0.3 is 4.90 Å². The Balaban J connectivity index is 1.92. The highest BCUT2D eigenvalue weighted by Gasteiger charge is 2.25. The number of thiophene rings is 1. The first-order chi connectivity index (χ1) is 10.7. The van der Waals surface area contributed by atoms with E-state index in [2.05, 4.69) is 11.1 Å². The van der Waals surface area contributed by atoms with Gasteiger partial charge >= 0.3 is 0 Å². The summed E-state index contributed by atoms with van der Waals surface area (Å²) in [6.45, 7) is 2.85. The lowest BCUT2D eigenvalue weighted by Crippen LogP contribution is -2.33. The van der Waals surface area contributed by atoms with Crippen molar-refractivity contribution in [3.8, 4) is 6.07 Å². The van der Waals surface area contributed by atoms with Crippen LogP contribution in [0.25, 0.3) is 0 Å². The molecule has 1 aliphatic heterocycles. The van der Waals surface area contributed by atoms with Crippen molar-refractivity contribution in [1.82, 2.24) is 4.90 Å². The molecule has 0 bridgehead atoms. The molecule has 0 saturated heterocycles. The first-order valence-corrected chi connectivity index (χ1v) is 7.90. The third-order valence-corrected chi connectivity index (χ3v) is 4.85. The molecule has 0 atom stereocenters. The summed E-state index contributed by atoms with van der Waals surface area (Å²) in [5.41, 5.74) is 2.73. The van der Waals surface area contributed by atoms with Crippen LogP contribution in [0.15, 0.2) is 35.3 Å². The summed E-state index contributed by atoms with van der Waals surface area (Å²) in [5, 5.41) is 10.2. The summed E-state index contributed by atoms with van der Waals surface area (Å²) in [5.74, 6) is 0.0758. The quantitative estimate of drug-likeness (QED) is 0.799. The highest BCUT2D eigenvalue weighted by atomic mass is 32.1. The molecule has 0 unspecified atom stereocenters. The van der Waals surface area contributed by atoms with Gasteiger partial charge in [0.1, 0.15) is 11.1 Å². The minimum absolute atomic E-state index is 0.0758. The van der Waals surface area contributed by atoms with Crippen molar-refractivity contribution in [1.29, 1.82) is 5.26 Å². The zero-order valence-electron chi connectivity index (χ0n) is 12.2. The fourth-order valence-corrected chi connectivity index (χ4v) is 3.69. The number of fused-ring (bicyclic) bond motifs is 1. The molecule has 110 valence electrons. The van der Waals surface area contributed by atoms with E-state index >= 15 is 0 Å². The first kappa shape index (κ1) is 14.5. The van der Waals surface area contributed by atoms with E-state index in [9.17, 15) is 10.1 Å². The summed E-state index contributed by atoms with van der Waals surface area (Å²) in [4.78, 5) is 18.9.